The van der Waals surface area contributed by atoms with Gasteiger partial charge in [-0.3, -0.25) is 0 Å². The third-order valence-corrected chi connectivity index (χ3v) is 5.89. The lowest BCUT2D eigenvalue weighted by molar-refractivity contribution is 0.201. The molecule has 0 heterocycles. The van der Waals surface area contributed by atoms with E-state index in [1.54, 1.807) is 0 Å². The SMILES string of the molecule is O=C(O)N(N=Cc1ccc2ccccc2c1)c1ccc(N(N=Cc2ccc3ccccc3c2)C(=O)O)cc1. The maximum atomic E-state index is 11.9. The number of fused-ring (bicyclic) bond motifs is 2. The van der Waals surface area contributed by atoms with Gasteiger partial charge in [0.2, 0.25) is 0 Å². The lowest BCUT2D eigenvalue weighted by atomic mass is 10.1. The molecule has 2 amide bonds. The van der Waals surface area contributed by atoms with E-state index in [1.807, 2.05) is 84.9 Å². The standard InChI is InChI=1S/C30H22N4O4/c35-29(36)33(31-19-21-9-11-23-5-1-3-7-25(23)17-21)27-13-15-28(16-14-27)34(30(37)38)32-20-22-10-12-24-6-2-4-8-26(24)18-22/h1-20H,(H,35,36)(H,37,38). The maximum Gasteiger partial charge on any atom is 0.432 e. The molecule has 0 saturated carbocycles. The first-order valence-corrected chi connectivity index (χ1v) is 11.7. The Morgan fingerprint density at radius 2 is 0.895 bits per heavy atom. The van der Waals surface area contributed by atoms with E-state index in [-0.39, 0.29) is 11.4 Å². The monoisotopic (exact) mass is 502 g/mol. The normalized spacial score (nSPS) is 11.4. The summed E-state index contributed by atoms with van der Waals surface area (Å²) in [7, 11) is 0. The number of carboxylic acid groups (broad SMARTS) is 2. The van der Waals surface area contributed by atoms with Gasteiger partial charge in [0.05, 0.1) is 23.8 Å². The minimum Gasteiger partial charge on any atom is -0.463 e. The molecule has 0 aliphatic carbocycles. The van der Waals surface area contributed by atoms with E-state index in [0.29, 0.717) is 0 Å². The van der Waals surface area contributed by atoms with Gasteiger partial charge in [0, 0.05) is 0 Å². The van der Waals surface area contributed by atoms with Crippen LogP contribution in [0.15, 0.2) is 119 Å². The molecule has 0 atom stereocenters. The average molecular weight is 503 g/mol. The molecule has 2 N–H and O–H groups in total. The molecule has 0 spiro atoms. The Balaban J connectivity index is 1.36. The summed E-state index contributed by atoms with van der Waals surface area (Å²) in [5, 5.41) is 33.5. The van der Waals surface area contributed by atoms with E-state index in [1.165, 1.54) is 36.7 Å². The molecule has 0 radical (unpaired) electrons. The zero-order chi connectivity index (χ0) is 26.5. The highest BCUT2D eigenvalue weighted by Crippen LogP contribution is 2.23. The van der Waals surface area contributed by atoms with Crippen LogP contribution in [-0.4, -0.2) is 34.8 Å². The van der Waals surface area contributed by atoms with Gasteiger partial charge in [-0.05, 0) is 69.1 Å². The Kier molecular flexibility index (Phi) is 6.77. The third kappa shape index (κ3) is 5.34. The second-order valence-corrected chi connectivity index (χ2v) is 8.41. The van der Waals surface area contributed by atoms with Crippen LogP contribution in [0, 0.1) is 0 Å². The van der Waals surface area contributed by atoms with Gasteiger partial charge in [0.15, 0.2) is 0 Å². The molecule has 0 aliphatic rings. The summed E-state index contributed by atoms with van der Waals surface area (Å²) in [5.74, 6) is 0. The topological polar surface area (TPSA) is 106 Å². The van der Waals surface area contributed by atoms with Crippen molar-refractivity contribution in [2.75, 3.05) is 10.0 Å². The minimum atomic E-state index is -1.28. The van der Waals surface area contributed by atoms with Crippen molar-refractivity contribution in [1.29, 1.82) is 0 Å². The molecule has 0 fully saturated rings. The van der Waals surface area contributed by atoms with E-state index in [4.69, 9.17) is 0 Å². The van der Waals surface area contributed by atoms with Crippen molar-refractivity contribution < 1.29 is 19.8 Å². The van der Waals surface area contributed by atoms with Gasteiger partial charge in [-0.25, -0.2) is 9.59 Å². The largest absolute Gasteiger partial charge is 0.463 e. The summed E-state index contributed by atoms with van der Waals surface area (Å²) in [6.45, 7) is 0. The van der Waals surface area contributed by atoms with Gasteiger partial charge < -0.3 is 10.2 Å². The van der Waals surface area contributed by atoms with Crippen LogP contribution in [0.3, 0.4) is 0 Å². The number of amides is 2. The predicted octanol–water partition coefficient (Wildman–Crippen LogP) is 7.03. The highest BCUT2D eigenvalue weighted by atomic mass is 16.4. The molecule has 0 aromatic heterocycles. The minimum absolute atomic E-state index is 0.252. The first-order valence-electron chi connectivity index (χ1n) is 11.7. The van der Waals surface area contributed by atoms with E-state index in [9.17, 15) is 19.8 Å². The second-order valence-electron chi connectivity index (χ2n) is 8.41. The molecule has 0 saturated heterocycles. The first-order chi connectivity index (χ1) is 18.5. The highest BCUT2D eigenvalue weighted by Gasteiger charge is 2.16. The van der Waals surface area contributed by atoms with Crippen LogP contribution in [0.1, 0.15) is 11.1 Å². The van der Waals surface area contributed by atoms with Crippen LogP contribution in [0.25, 0.3) is 21.5 Å². The Labute approximate surface area is 218 Å². The van der Waals surface area contributed by atoms with Gasteiger partial charge >= 0.3 is 12.2 Å². The molecule has 5 aromatic rings. The summed E-state index contributed by atoms with van der Waals surface area (Å²) >= 11 is 0. The molecule has 8 heteroatoms. The molecule has 186 valence electrons. The zero-order valence-electron chi connectivity index (χ0n) is 20.0. The summed E-state index contributed by atoms with van der Waals surface area (Å²) in [4.78, 5) is 23.8. The number of hydrogen-bond acceptors (Lipinski definition) is 4. The fourth-order valence-corrected chi connectivity index (χ4v) is 4.01. The summed E-state index contributed by atoms with van der Waals surface area (Å²) in [6, 6.07) is 33.0. The van der Waals surface area contributed by atoms with Crippen LogP contribution in [-0.2, 0) is 0 Å². The van der Waals surface area contributed by atoms with Gasteiger partial charge in [-0.1, -0.05) is 72.8 Å². The van der Waals surface area contributed by atoms with Crippen LogP contribution in [0.4, 0.5) is 21.0 Å². The summed E-state index contributed by atoms with van der Waals surface area (Å²) < 4.78 is 0. The first kappa shape index (κ1) is 24.2. The molecule has 38 heavy (non-hydrogen) atoms. The van der Waals surface area contributed by atoms with Gasteiger partial charge in [-0.15, -0.1) is 0 Å². The van der Waals surface area contributed by atoms with Gasteiger partial charge in [0.25, 0.3) is 0 Å². The zero-order valence-corrected chi connectivity index (χ0v) is 20.0. The van der Waals surface area contributed by atoms with E-state index < -0.39 is 12.2 Å². The number of rotatable bonds is 6. The predicted molar refractivity (Wildman–Crippen MR) is 151 cm³/mol. The van der Waals surface area contributed by atoms with E-state index >= 15 is 0 Å². The van der Waals surface area contributed by atoms with Gasteiger partial charge in [-0.2, -0.15) is 20.2 Å². The van der Waals surface area contributed by atoms with Crippen molar-refractivity contribution in [3.05, 3.63) is 120 Å². The molecule has 0 bridgehead atoms. The quantitative estimate of drug-likeness (QED) is 0.192. The number of hydrogen-bond donors (Lipinski definition) is 2. The Bertz CT molecular complexity index is 1570. The Morgan fingerprint density at radius 3 is 1.26 bits per heavy atom. The molecular formula is C30H22N4O4. The number of anilines is 2. The van der Waals surface area contributed by atoms with Crippen molar-refractivity contribution in [2.45, 2.75) is 0 Å². The second kappa shape index (κ2) is 10.6. The number of benzene rings is 5. The van der Waals surface area contributed by atoms with Gasteiger partial charge in [0.1, 0.15) is 0 Å². The van der Waals surface area contributed by atoms with Crippen LogP contribution in [0.2, 0.25) is 0 Å². The molecule has 0 unspecified atom stereocenters. The van der Waals surface area contributed by atoms with Crippen LogP contribution < -0.4 is 10.0 Å². The van der Waals surface area contributed by atoms with E-state index in [2.05, 4.69) is 10.2 Å². The van der Waals surface area contributed by atoms with Crippen molar-refractivity contribution in [3.8, 4) is 0 Å². The third-order valence-electron chi connectivity index (χ3n) is 5.89. The van der Waals surface area contributed by atoms with Crippen molar-refractivity contribution in [3.63, 3.8) is 0 Å². The maximum absolute atomic E-state index is 11.9. The number of nitrogens with zero attached hydrogens (tertiary/aromatic N) is 4. The van der Waals surface area contributed by atoms with Crippen molar-refractivity contribution >= 4 is 57.5 Å². The van der Waals surface area contributed by atoms with Crippen molar-refractivity contribution in [1.82, 2.24) is 0 Å². The molecule has 8 nitrogen and oxygen atoms in total. The fourth-order valence-electron chi connectivity index (χ4n) is 4.01. The molecular weight excluding hydrogens is 480 g/mol. The van der Waals surface area contributed by atoms with Crippen LogP contribution >= 0.6 is 0 Å². The number of carbonyl (C=O) groups is 2. The Hall–Kier alpha value is -5.50. The smallest absolute Gasteiger partial charge is 0.432 e. The summed E-state index contributed by atoms with van der Waals surface area (Å²) in [5.41, 5.74) is 1.99. The summed E-state index contributed by atoms with van der Waals surface area (Å²) in [6.07, 6.45) is 0.371. The fraction of sp³-hybridized carbons (Fsp3) is 0. The number of hydrazone groups is 2. The average Bonchev–Trinajstić information content (AvgIpc) is 2.93. The highest BCUT2D eigenvalue weighted by molar-refractivity contribution is 5.95. The Morgan fingerprint density at radius 1 is 0.526 bits per heavy atom. The molecule has 0 aliphatic heterocycles. The van der Waals surface area contributed by atoms with E-state index in [0.717, 1.165) is 42.7 Å². The van der Waals surface area contributed by atoms with Crippen molar-refractivity contribution in [2.24, 2.45) is 10.2 Å². The lowest BCUT2D eigenvalue weighted by Gasteiger charge is -2.16. The molecule has 5 rings (SSSR count). The molecule has 5 aromatic carbocycles. The van der Waals surface area contributed by atoms with Crippen LogP contribution in [0.5, 0.6) is 0 Å². The lowest BCUT2D eigenvalue weighted by Crippen LogP contribution is -2.25.